The molecule has 1 heterocycles. The number of hydrogen-bond acceptors (Lipinski definition) is 6. The van der Waals surface area contributed by atoms with Crippen molar-refractivity contribution in [3.63, 3.8) is 0 Å². The Hall–Kier alpha value is -2.09. The number of benzene rings is 2. The Labute approximate surface area is 171 Å². The molecular weight excluding hydrogens is 394 g/mol. The maximum absolute atomic E-state index is 12.4. The van der Waals surface area contributed by atoms with E-state index in [0.29, 0.717) is 5.75 Å². The van der Waals surface area contributed by atoms with Crippen molar-refractivity contribution in [2.45, 2.75) is 15.6 Å². The first kappa shape index (κ1) is 19.7. The predicted molar refractivity (Wildman–Crippen MR) is 117 cm³/mol. The Morgan fingerprint density at radius 2 is 1.63 bits per heavy atom. The second-order valence-corrected chi connectivity index (χ2v) is 9.25. The Bertz CT molecular complexity index is 925. The molecule has 2 aromatic carbocycles. The lowest BCUT2D eigenvalue weighted by Gasteiger charge is -2.10. The summed E-state index contributed by atoms with van der Waals surface area (Å²) in [5, 5.41) is 11.3. The number of hydrogen-bond donors (Lipinski definition) is 1. The number of aromatic nitrogens is 2. The average molecular weight is 414 g/mol. The van der Waals surface area contributed by atoms with Crippen LogP contribution in [0, 0.1) is 0 Å². The molecule has 0 unspecified atom stereocenters. The van der Waals surface area contributed by atoms with Gasteiger partial charge in [-0.05, 0) is 18.6 Å². The lowest BCUT2D eigenvalue weighted by atomic mass is 10.0. The Morgan fingerprint density at radius 3 is 2.33 bits per heavy atom. The highest BCUT2D eigenvalue weighted by atomic mass is 32.2. The van der Waals surface area contributed by atoms with Gasteiger partial charge in [-0.25, -0.2) is 0 Å². The van der Waals surface area contributed by atoms with Crippen molar-refractivity contribution in [2.75, 3.05) is 16.8 Å². The lowest BCUT2D eigenvalue weighted by molar-refractivity contribution is -0.113. The van der Waals surface area contributed by atoms with Crippen LogP contribution in [-0.2, 0) is 4.79 Å². The van der Waals surface area contributed by atoms with Crippen LogP contribution in [0.1, 0.15) is 6.92 Å². The first-order valence-corrected chi connectivity index (χ1v) is 11.1. The predicted octanol–water partition coefficient (Wildman–Crippen LogP) is 5.60. The fraction of sp³-hybridized carbons (Fsp3) is 0.150. The van der Waals surface area contributed by atoms with E-state index in [4.69, 9.17) is 0 Å². The van der Waals surface area contributed by atoms with Gasteiger partial charge < -0.3 is 5.32 Å². The quantitative estimate of drug-likeness (QED) is 0.384. The monoisotopic (exact) mass is 413 g/mol. The number of nitrogens with zero attached hydrogens (tertiary/aromatic N) is 2. The molecule has 0 aliphatic rings. The zero-order valence-corrected chi connectivity index (χ0v) is 17.3. The van der Waals surface area contributed by atoms with E-state index in [0.717, 1.165) is 36.8 Å². The molecule has 1 N–H and O–H groups in total. The first-order valence-electron chi connectivity index (χ1n) is 8.29. The van der Waals surface area contributed by atoms with Crippen LogP contribution in [0.2, 0.25) is 0 Å². The van der Waals surface area contributed by atoms with Gasteiger partial charge in [-0.2, -0.15) is 0 Å². The van der Waals surface area contributed by atoms with Gasteiger partial charge in [-0.3, -0.25) is 4.79 Å². The molecule has 0 aliphatic heterocycles. The number of carbonyl (C=O) groups is 1. The van der Waals surface area contributed by atoms with Gasteiger partial charge in [-0.15, -0.1) is 10.2 Å². The van der Waals surface area contributed by atoms with Gasteiger partial charge in [0.15, 0.2) is 8.68 Å². The van der Waals surface area contributed by atoms with Gasteiger partial charge in [0.05, 0.1) is 5.75 Å². The molecule has 3 rings (SSSR count). The van der Waals surface area contributed by atoms with Crippen molar-refractivity contribution >= 4 is 46.5 Å². The van der Waals surface area contributed by atoms with E-state index in [1.807, 2.05) is 61.5 Å². The van der Waals surface area contributed by atoms with Gasteiger partial charge >= 0.3 is 0 Å². The molecule has 27 heavy (non-hydrogen) atoms. The highest BCUT2D eigenvalue weighted by molar-refractivity contribution is 8.03. The normalized spacial score (nSPS) is 10.6. The summed E-state index contributed by atoms with van der Waals surface area (Å²) < 4.78 is 1.70. The zero-order chi connectivity index (χ0) is 19.1. The van der Waals surface area contributed by atoms with E-state index in [9.17, 15) is 4.79 Å². The molecule has 0 radical (unpaired) electrons. The fourth-order valence-corrected chi connectivity index (χ4v) is 4.94. The number of anilines is 1. The van der Waals surface area contributed by atoms with Gasteiger partial charge in [0.25, 0.3) is 0 Å². The highest BCUT2D eigenvalue weighted by Gasteiger charge is 2.11. The third-order valence-corrected chi connectivity index (χ3v) is 6.86. The number of para-hydroxylation sites is 1. The van der Waals surface area contributed by atoms with E-state index in [1.54, 1.807) is 11.8 Å². The number of carbonyl (C=O) groups excluding carboxylic acids is 1. The highest BCUT2D eigenvalue weighted by Crippen LogP contribution is 2.30. The SMILES string of the molecule is C=C(C)CSc1nnc(SCC(=O)Nc2ccccc2-c2ccccc2)s1. The van der Waals surface area contributed by atoms with Gasteiger partial charge in [-0.1, -0.05) is 95.5 Å². The van der Waals surface area contributed by atoms with Crippen LogP contribution in [0.5, 0.6) is 0 Å². The number of nitrogens with one attached hydrogen (secondary N) is 1. The lowest BCUT2D eigenvalue weighted by Crippen LogP contribution is -2.14. The van der Waals surface area contributed by atoms with Crippen molar-refractivity contribution in [2.24, 2.45) is 0 Å². The molecule has 0 atom stereocenters. The number of rotatable bonds is 8. The largest absolute Gasteiger partial charge is 0.325 e. The maximum Gasteiger partial charge on any atom is 0.234 e. The minimum absolute atomic E-state index is 0.0604. The van der Waals surface area contributed by atoms with Crippen LogP contribution < -0.4 is 5.32 Å². The second-order valence-electron chi connectivity index (χ2n) is 5.83. The molecular formula is C20H19N3OS3. The van der Waals surface area contributed by atoms with Crippen molar-refractivity contribution in [3.05, 3.63) is 66.7 Å². The van der Waals surface area contributed by atoms with Crippen molar-refractivity contribution in [1.82, 2.24) is 10.2 Å². The molecule has 7 heteroatoms. The smallest absolute Gasteiger partial charge is 0.234 e. The summed E-state index contributed by atoms with van der Waals surface area (Å²) in [6, 6.07) is 17.8. The standard InChI is InChI=1S/C20H19N3OS3/c1-14(2)12-25-19-22-23-20(27-19)26-13-18(24)21-17-11-7-6-10-16(17)15-8-4-3-5-9-15/h3-11H,1,12-13H2,2H3,(H,21,24). The molecule has 0 bridgehead atoms. The average Bonchev–Trinajstić information content (AvgIpc) is 3.14. The Kier molecular flexibility index (Phi) is 7.09. The first-order chi connectivity index (χ1) is 13.1. The van der Waals surface area contributed by atoms with Crippen molar-refractivity contribution < 1.29 is 4.79 Å². The molecule has 3 aromatic rings. The maximum atomic E-state index is 12.4. The van der Waals surface area contributed by atoms with E-state index in [1.165, 1.54) is 23.1 Å². The van der Waals surface area contributed by atoms with Crippen molar-refractivity contribution in [1.29, 1.82) is 0 Å². The fourth-order valence-electron chi connectivity index (χ4n) is 2.27. The van der Waals surface area contributed by atoms with E-state index >= 15 is 0 Å². The summed E-state index contributed by atoms with van der Waals surface area (Å²) in [5.74, 6) is 1.06. The molecule has 1 amide bonds. The van der Waals surface area contributed by atoms with Gasteiger partial charge in [0, 0.05) is 17.0 Å². The third kappa shape index (κ3) is 5.95. The molecule has 0 saturated carbocycles. The second kappa shape index (κ2) is 9.73. The summed E-state index contributed by atoms with van der Waals surface area (Å²) in [4.78, 5) is 12.4. The summed E-state index contributed by atoms with van der Waals surface area (Å²) in [6.07, 6.45) is 0. The zero-order valence-electron chi connectivity index (χ0n) is 14.8. The van der Waals surface area contributed by atoms with Crippen LogP contribution in [0.25, 0.3) is 11.1 Å². The Morgan fingerprint density at radius 1 is 1.00 bits per heavy atom. The van der Waals surface area contributed by atoms with Crippen LogP contribution in [0.15, 0.2) is 75.4 Å². The molecule has 1 aromatic heterocycles. The molecule has 0 saturated heterocycles. The summed E-state index contributed by atoms with van der Waals surface area (Å²) >= 11 is 4.52. The van der Waals surface area contributed by atoms with E-state index < -0.39 is 0 Å². The minimum atomic E-state index is -0.0604. The van der Waals surface area contributed by atoms with E-state index in [-0.39, 0.29) is 5.91 Å². The van der Waals surface area contributed by atoms with E-state index in [2.05, 4.69) is 22.1 Å². The summed E-state index contributed by atoms with van der Waals surface area (Å²) in [6.45, 7) is 5.87. The molecule has 0 spiro atoms. The van der Waals surface area contributed by atoms with Crippen LogP contribution in [0.3, 0.4) is 0 Å². The van der Waals surface area contributed by atoms with Crippen LogP contribution in [-0.4, -0.2) is 27.6 Å². The number of thioether (sulfide) groups is 2. The molecule has 0 aliphatic carbocycles. The van der Waals surface area contributed by atoms with Gasteiger partial charge in [0.2, 0.25) is 5.91 Å². The third-order valence-electron chi connectivity index (χ3n) is 3.44. The van der Waals surface area contributed by atoms with Crippen molar-refractivity contribution in [3.8, 4) is 11.1 Å². The number of amides is 1. The summed E-state index contributed by atoms with van der Waals surface area (Å²) in [5.41, 5.74) is 3.99. The van der Waals surface area contributed by atoms with Crippen LogP contribution >= 0.6 is 34.9 Å². The molecule has 0 fully saturated rings. The van der Waals surface area contributed by atoms with Gasteiger partial charge in [0.1, 0.15) is 0 Å². The van der Waals surface area contributed by atoms with Crippen LogP contribution in [0.4, 0.5) is 5.69 Å². The summed E-state index contributed by atoms with van der Waals surface area (Å²) in [7, 11) is 0. The minimum Gasteiger partial charge on any atom is -0.325 e. The Balaban J connectivity index is 1.58. The molecule has 4 nitrogen and oxygen atoms in total. The topological polar surface area (TPSA) is 54.9 Å². The molecule has 138 valence electrons.